The molecular weight excluding hydrogens is 408 g/mol. The van der Waals surface area contributed by atoms with E-state index in [9.17, 15) is 4.79 Å². The van der Waals surface area contributed by atoms with Crippen molar-refractivity contribution in [3.05, 3.63) is 76.5 Å². The second-order valence-electron chi connectivity index (χ2n) is 10.3. The number of allylic oxidation sites excluding steroid dienone is 2. The SMILES string of the molecule is CCc1ccc(-c2[nH]nc3c2[C@@H](c2ccc(N(C)C)cc2)C2=C(CC(C)(C)CC2=O)N3)cc1. The third-order valence-electron chi connectivity index (χ3n) is 6.96. The minimum Gasteiger partial charge on any atom is -0.378 e. The molecule has 1 aliphatic carbocycles. The van der Waals surface area contributed by atoms with Crippen LogP contribution in [0.2, 0.25) is 0 Å². The molecule has 1 aromatic heterocycles. The Kier molecular flexibility index (Phi) is 5.15. The molecule has 0 bridgehead atoms. The van der Waals surface area contributed by atoms with Gasteiger partial charge in [-0.05, 0) is 47.1 Å². The number of hydrogen-bond acceptors (Lipinski definition) is 4. The highest BCUT2D eigenvalue weighted by Gasteiger charge is 2.42. The maximum atomic E-state index is 13.5. The van der Waals surface area contributed by atoms with Gasteiger partial charge in [-0.3, -0.25) is 9.89 Å². The fourth-order valence-electron chi connectivity index (χ4n) is 5.22. The number of nitrogens with zero attached hydrogens (tertiary/aromatic N) is 2. The number of anilines is 2. The third-order valence-corrected chi connectivity index (χ3v) is 6.96. The molecule has 0 radical (unpaired) electrons. The van der Waals surface area contributed by atoms with Gasteiger partial charge in [-0.15, -0.1) is 0 Å². The zero-order valence-electron chi connectivity index (χ0n) is 20.1. The standard InChI is InChI=1S/C28H32N4O/c1-6-17-7-9-19(10-8-17)26-25-23(18-11-13-20(14-12-18)32(4)5)24-21(29-27(25)31-30-26)15-28(2,3)16-22(24)33/h7-14,23H,6,15-16H2,1-5H3,(H2,29,30,31)/t23-/m0/s1. The molecule has 2 heterocycles. The number of Topliss-reactive ketones (excluding diaryl/α,β-unsaturated/α-hetero) is 1. The van der Waals surface area contributed by atoms with Crippen molar-refractivity contribution in [2.75, 3.05) is 24.3 Å². The van der Waals surface area contributed by atoms with Gasteiger partial charge in [0.1, 0.15) is 0 Å². The van der Waals surface area contributed by atoms with Gasteiger partial charge in [-0.2, -0.15) is 5.10 Å². The molecule has 3 aromatic rings. The molecule has 0 saturated carbocycles. The van der Waals surface area contributed by atoms with Crippen LogP contribution in [0.25, 0.3) is 11.3 Å². The lowest BCUT2D eigenvalue weighted by Gasteiger charge is -2.38. The van der Waals surface area contributed by atoms with Crippen molar-refractivity contribution in [2.45, 2.75) is 46.0 Å². The molecular formula is C28H32N4O. The first-order valence-electron chi connectivity index (χ1n) is 11.8. The van der Waals surface area contributed by atoms with E-state index < -0.39 is 0 Å². The van der Waals surface area contributed by atoms with E-state index in [1.165, 1.54) is 5.56 Å². The first-order valence-corrected chi connectivity index (χ1v) is 11.8. The molecule has 5 nitrogen and oxygen atoms in total. The van der Waals surface area contributed by atoms with E-state index in [0.717, 1.165) is 58.0 Å². The molecule has 2 aromatic carbocycles. The maximum absolute atomic E-state index is 13.5. The Bertz CT molecular complexity index is 1230. The number of nitrogens with one attached hydrogen (secondary N) is 2. The molecule has 0 fully saturated rings. The van der Waals surface area contributed by atoms with Crippen LogP contribution in [0.3, 0.4) is 0 Å². The molecule has 0 saturated heterocycles. The Balaban J connectivity index is 1.69. The molecule has 1 aliphatic heterocycles. The van der Waals surface area contributed by atoms with E-state index >= 15 is 0 Å². The van der Waals surface area contributed by atoms with E-state index in [0.29, 0.717) is 6.42 Å². The number of aryl methyl sites for hydroxylation is 1. The van der Waals surface area contributed by atoms with Gasteiger partial charge < -0.3 is 10.2 Å². The smallest absolute Gasteiger partial charge is 0.162 e. The van der Waals surface area contributed by atoms with Crippen molar-refractivity contribution >= 4 is 17.3 Å². The van der Waals surface area contributed by atoms with Crippen LogP contribution < -0.4 is 10.2 Å². The monoisotopic (exact) mass is 440 g/mol. The summed E-state index contributed by atoms with van der Waals surface area (Å²) in [5.74, 6) is 0.917. The Labute approximate surface area is 195 Å². The van der Waals surface area contributed by atoms with E-state index in [2.05, 4.69) is 89.7 Å². The van der Waals surface area contributed by atoms with Gasteiger partial charge in [0.25, 0.3) is 0 Å². The number of carbonyl (C=O) groups excluding carboxylic acids is 1. The Morgan fingerprint density at radius 1 is 1.03 bits per heavy atom. The van der Waals surface area contributed by atoms with Crippen molar-refractivity contribution in [3.8, 4) is 11.3 Å². The predicted molar refractivity (Wildman–Crippen MR) is 135 cm³/mol. The second-order valence-corrected chi connectivity index (χ2v) is 10.3. The molecule has 2 aliphatic rings. The molecule has 0 unspecified atom stereocenters. The lowest BCUT2D eigenvalue weighted by molar-refractivity contribution is -0.118. The summed E-state index contributed by atoms with van der Waals surface area (Å²) in [4.78, 5) is 15.6. The molecule has 5 heteroatoms. The van der Waals surface area contributed by atoms with Gasteiger partial charge in [0.05, 0.1) is 5.69 Å². The van der Waals surface area contributed by atoms with Crippen LogP contribution in [0.1, 0.15) is 56.2 Å². The zero-order valence-corrected chi connectivity index (χ0v) is 20.1. The van der Waals surface area contributed by atoms with Gasteiger partial charge in [-0.1, -0.05) is 57.2 Å². The Morgan fingerprint density at radius 3 is 2.36 bits per heavy atom. The number of benzene rings is 2. The van der Waals surface area contributed by atoms with Crippen LogP contribution in [-0.4, -0.2) is 30.1 Å². The summed E-state index contributed by atoms with van der Waals surface area (Å²) in [5.41, 5.74) is 8.54. The molecule has 2 N–H and O–H groups in total. The molecule has 170 valence electrons. The summed E-state index contributed by atoms with van der Waals surface area (Å²) in [6.45, 7) is 6.49. The summed E-state index contributed by atoms with van der Waals surface area (Å²) >= 11 is 0. The summed E-state index contributed by atoms with van der Waals surface area (Å²) in [7, 11) is 4.08. The molecule has 33 heavy (non-hydrogen) atoms. The number of fused-ring (bicyclic) bond motifs is 1. The van der Waals surface area contributed by atoms with Crippen LogP contribution in [-0.2, 0) is 11.2 Å². The third kappa shape index (κ3) is 3.75. The van der Waals surface area contributed by atoms with Crippen LogP contribution in [0.15, 0.2) is 59.8 Å². The van der Waals surface area contributed by atoms with E-state index in [1.807, 2.05) is 14.1 Å². The van der Waals surface area contributed by atoms with Crippen LogP contribution >= 0.6 is 0 Å². The summed E-state index contributed by atoms with van der Waals surface area (Å²) in [5, 5.41) is 11.5. The fourth-order valence-corrected chi connectivity index (χ4v) is 5.22. The van der Waals surface area contributed by atoms with E-state index in [4.69, 9.17) is 0 Å². The minimum atomic E-state index is -0.143. The van der Waals surface area contributed by atoms with Gasteiger partial charge in [0, 0.05) is 49.0 Å². The molecule has 1 atom stereocenters. The average molecular weight is 441 g/mol. The summed E-state index contributed by atoms with van der Waals surface area (Å²) in [6.07, 6.45) is 2.41. The van der Waals surface area contributed by atoms with Gasteiger partial charge in [0.15, 0.2) is 11.6 Å². The number of aromatic amines is 1. The van der Waals surface area contributed by atoms with Crippen molar-refractivity contribution in [3.63, 3.8) is 0 Å². The number of aromatic nitrogens is 2. The second kappa shape index (κ2) is 7.91. The first kappa shape index (κ1) is 21.5. The number of ketones is 1. The predicted octanol–water partition coefficient (Wildman–Crippen LogP) is 5.91. The number of rotatable bonds is 4. The topological polar surface area (TPSA) is 61.0 Å². The largest absolute Gasteiger partial charge is 0.378 e. The highest BCUT2D eigenvalue weighted by atomic mass is 16.1. The normalized spacial score (nSPS) is 19.1. The van der Waals surface area contributed by atoms with Gasteiger partial charge in [-0.25, -0.2) is 0 Å². The van der Waals surface area contributed by atoms with E-state index in [-0.39, 0.29) is 17.1 Å². The highest BCUT2D eigenvalue weighted by Crippen LogP contribution is 2.51. The van der Waals surface area contributed by atoms with Crippen LogP contribution in [0.4, 0.5) is 11.5 Å². The van der Waals surface area contributed by atoms with Crippen molar-refractivity contribution in [1.82, 2.24) is 10.2 Å². The maximum Gasteiger partial charge on any atom is 0.162 e. The molecule has 0 amide bonds. The average Bonchev–Trinajstić information content (AvgIpc) is 3.20. The van der Waals surface area contributed by atoms with Gasteiger partial charge in [0.2, 0.25) is 0 Å². The zero-order chi connectivity index (χ0) is 23.3. The van der Waals surface area contributed by atoms with Crippen molar-refractivity contribution < 1.29 is 4.79 Å². The van der Waals surface area contributed by atoms with Gasteiger partial charge >= 0.3 is 0 Å². The fraction of sp³-hybridized carbons (Fsp3) is 0.357. The Hall–Kier alpha value is -3.34. The lowest BCUT2D eigenvalue weighted by atomic mass is 9.69. The van der Waals surface area contributed by atoms with Crippen molar-refractivity contribution in [2.24, 2.45) is 5.41 Å². The first-order chi connectivity index (χ1) is 15.8. The summed E-state index contributed by atoms with van der Waals surface area (Å²) in [6, 6.07) is 17.2. The summed E-state index contributed by atoms with van der Waals surface area (Å²) < 4.78 is 0. The molecule has 0 spiro atoms. The Morgan fingerprint density at radius 2 is 1.73 bits per heavy atom. The van der Waals surface area contributed by atoms with Crippen molar-refractivity contribution in [1.29, 1.82) is 0 Å². The number of carbonyl (C=O) groups is 1. The van der Waals surface area contributed by atoms with E-state index in [1.54, 1.807) is 0 Å². The lowest BCUT2D eigenvalue weighted by Crippen LogP contribution is -2.33. The highest BCUT2D eigenvalue weighted by molar-refractivity contribution is 6.02. The molecule has 5 rings (SSSR count). The van der Waals surface area contributed by atoms with Crippen LogP contribution in [0.5, 0.6) is 0 Å². The number of hydrogen-bond donors (Lipinski definition) is 2. The number of H-pyrrole nitrogens is 1. The van der Waals surface area contributed by atoms with Crippen LogP contribution in [0, 0.1) is 5.41 Å². The minimum absolute atomic E-state index is 0.0606. The quantitative estimate of drug-likeness (QED) is 0.530.